The van der Waals surface area contributed by atoms with Gasteiger partial charge in [-0.3, -0.25) is 4.90 Å². The van der Waals surface area contributed by atoms with E-state index in [0.29, 0.717) is 31.3 Å². The number of aromatic nitrogens is 2. The predicted molar refractivity (Wildman–Crippen MR) is 109 cm³/mol. The van der Waals surface area contributed by atoms with Crippen molar-refractivity contribution < 1.29 is 17.9 Å². The van der Waals surface area contributed by atoms with Gasteiger partial charge in [0.2, 0.25) is 5.95 Å². The average Bonchev–Trinajstić information content (AvgIpc) is 3.22. The van der Waals surface area contributed by atoms with E-state index >= 15 is 0 Å². The second-order valence-corrected chi connectivity index (χ2v) is 7.80. The minimum Gasteiger partial charge on any atom is -0.378 e. The van der Waals surface area contributed by atoms with E-state index in [-0.39, 0.29) is 6.04 Å². The molecule has 2 aromatic rings. The molecule has 1 unspecified atom stereocenters. The molecule has 0 spiro atoms. The van der Waals surface area contributed by atoms with Gasteiger partial charge >= 0.3 is 6.18 Å². The topological polar surface area (TPSA) is 44.7 Å². The van der Waals surface area contributed by atoms with E-state index in [2.05, 4.69) is 19.7 Å². The van der Waals surface area contributed by atoms with Crippen LogP contribution in [0.5, 0.6) is 0 Å². The van der Waals surface area contributed by atoms with Gasteiger partial charge in [0.15, 0.2) is 0 Å². The average molecular weight is 421 g/mol. The number of alkyl halides is 3. The summed E-state index contributed by atoms with van der Waals surface area (Å²) in [6.45, 7) is 5.04. The lowest BCUT2D eigenvalue weighted by molar-refractivity contribution is -0.137. The Hall–Kier alpha value is -2.39. The normalized spacial score (nSPS) is 20.5. The number of morpholine rings is 1. The zero-order valence-corrected chi connectivity index (χ0v) is 17.0. The van der Waals surface area contributed by atoms with Crippen LogP contribution in [-0.4, -0.2) is 67.4 Å². The summed E-state index contributed by atoms with van der Waals surface area (Å²) in [6.07, 6.45) is -1.60. The highest BCUT2D eigenvalue weighted by Gasteiger charge is 2.31. The Morgan fingerprint density at radius 2 is 1.97 bits per heavy atom. The summed E-state index contributed by atoms with van der Waals surface area (Å²) >= 11 is 0. The molecule has 2 aliphatic heterocycles. The Morgan fingerprint density at radius 3 is 2.73 bits per heavy atom. The Balaban J connectivity index is 1.38. The van der Waals surface area contributed by atoms with Crippen LogP contribution in [0.2, 0.25) is 0 Å². The molecule has 6 nitrogen and oxygen atoms in total. The quantitative estimate of drug-likeness (QED) is 0.740. The van der Waals surface area contributed by atoms with Gasteiger partial charge in [-0.15, -0.1) is 0 Å². The zero-order valence-electron chi connectivity index (χ0n) is 17.0. The molecule has 1 atom stereocenters. The highest BCUT2D eigenvalue weighted by molar-refractivity contribution is 5.44. The van der Waals surface area contributed by atoms with Crippen LogP contribution in [0.4, 0.5) is 24.9 Å². The summed E-state index contributed by atoms with van der Waals surface area (Å²) < 4.78 is 44.3. The second-order valence-electron chi connectivity index (χ2n) is 7.80. The van der Waals surface area contributed by atoms with E-state index in [1.807, 2.05) is 13.1 Å². The molecule has 0 radical (unpaired) electrons. The van der Waals surface area contributed by atoms with Crippen LogP contribution in [0, 0.1) is 0 Å². The lowest BCUT2D eigenvalue weighted by atomic mass is 10.1. The van der Waals surface area contributed by atoms with Crippen molar-refractivity contribution >= 4 is 11.8 Å². The summed E-state index contributed by atoms with van der Waals surface area (Å²) in [5.74, 6) is 1.57. The van der Waals surface area contributed by atoms with Gasteiger partial charge in [0, 0.05) is 52.0 Å². The van der Waals surface area contributed by atoms with Crippen molar-refractivity contribution in [2.45, 2.75) is 25.2 Å². The molecule has 3 heterocycles. The largest absolute Gasteiger partial charge is 0.416 e. The minimum atomic E-state index is -4.31. The summed E-state index contributed by atoms with van der Waals surface area (Å²) in [7, 11) is 2.02. The van der Waals surface area contributed by atoms with Gasteiger partial charge in [0.25, 0.3) is 0 Å². The van der Waals surface area contributed by atoms with Crippen molar-refractivity contribution in [3.05, 3.63) is 47.7 Å². The third kappa shape index (κ3) is 4.84. The number of hydrogen-bond acceptors (Lipinski definition) is 6. The molecule has 2 aliphatic rings. The first kappa shape index (κ1) is 20.9. The third-order valence-electron chi connectivity index (χ3n) is 5.74. The van der Waals surface area contributed by atoms with Gasteiger partial charge in [-0.05, 0) is 24.1 Å². The fourth-order valence-corrected chi connectivity index (χ4v) is 4.01. The zero-order chi connectivity index (χ0) is 21.1. The molecule has 162 valence electrons. The number of halogens is 3. The van der Waals surface area contributed by atoms with Gasteiger partial charge in [0.1, 0.15) is 5.82 Å². The van der Waals surface area contributed by atoms with E-state index in [1.165, 1.54) is 12.1 Å². The molecule has 2 saturated heterocycles. The first-order valence-electron chi connectivity index (χ1n) is 10.2. The van der Waals surface area contributed by atoms with E-state index in [0.717, 1.165) is 44.5 Å². The summed E-state index contributed by atoms with van der Waals surface area (Å²) in [5.41, 5.74) is 0.0919. The molecule has 0 bridgehead atoms. The van der Waals surface area contributed by atoms with E-state index in [9.17, 15) is 13.2 Å². The van der Waals surface area contributed by atoms with Crippen molar-refractivity contribution in [2.24, 2.45) is 0 Å². The first-order chi connectivity index (χ1) is 14.4. The fraction of sp³-hybridized carbons (Fsp3) is 0.524. The van der Waals surface area contributed by atoms with Crippen LogP contribution in [-0.2, 0) is 17.5 Å². The molecular weight excluding hydrogens is 395 g/mol. The van der Waals surface area contributed by atoms with Crippen LogP contribution < -0.4 is 9.80 Å². The lowest BCUT2D eigenvalue weighted by Crippen LogP contribution is -2.38. The molecule has 1 aromatic heterocycles. The SMILES string of the molecule is CN(c1ccnc(N2CCOCC2)n1)C1CCN(Cc2cccc(C(F)(F)F)c2)C1. The van der Waals surface area contributed by atoms with Crippen molar-refractivity contribution in [3.63, 3.8) is 0 Å². The van der Waals surface area contributed by atoms with Gasteiger partial charge in [0.05, 0.1) is 18.8 Å². The van der Waals surface area contributed by atoms with Crippen LogP contribution >= 0.6 is 0 Å². The highest BCUT2D eigenvalue weighted by Crippen LogP contribution is 2.30. The maximum Gasteiger partial charge on any atom is 0.416 e. The number of ether oxygens (including phenoxy) is 1. The second kappa shape index (κ2) is 8.77. The summed E-state index contributed by atoms with van der Waals surface area (Å²) in [5, 5.41) is 0. The molecule has 0 amide bonds. The summed E-state index contributed by atoms with van der Waals surface area (Å²) in [6, 6.07) is 7.75. The molecule has 1 aromatic carbocycles. The fourth-order valence-electron chi connectivity index (χ4n) is 4.01. The highest BCUT2D eigenvalue weighted by atomic mass is 19.4. The predicted octanol–water partition coefficient (Wildman–Crippen LogP) is 3.04. The number of likely N-dealkylation sites (N-methyl/N-ethyl adjacent to an activating group) is 1. The van der Waals surface area contributed by atoms with Crippen molar-refractivity contribution in [1.29, 1.82) is 0 Å². The first-order valence-corrected chi connectivity index (χ1v) is 10.2. The van der Waals surface area contributed by atoms with Gasteiger partial charge < -0.3 is 14.5 Å². The summed E-state index contributed by atoms with van der Waals surface area (Å²) in [4.78, 5) is 15.6. The maximum absolute atomic E-state index is 13.0. The molecule has 30 heavy (non-hydrogen) atoms. The lowest BCUT2D eigenvalue weighted by Gasteiger charge is -2.29. The Kier molecular flexibility index (Phi) is 6.10. The van der Waals surface area contributed by atoms with Crippen LogP contribution in [0.3, 0.4) is 0 Å². The van der Waals surface area contributed by atoms with E-state index in [4.69, 9.17) is 9.72 Å². The third-order valence-corrected chi connectivity index (χ3v) is 5.74. The molecule has 0 N–H and O–H groups in total. The standard InChI is InChI=1S/C21H26F3N5O/c1-27(19-5-7-25-20(26-19)29-9-11-30-12-10-29)18-6-8-28(15-18)14-16-3-2-4-17(13-16)21(22,23)24/h2-5,7,13,18H,6,8-12,14-15H2,1H3. The molecule has 2 fully saturated rings. The van der Waals surface area contributed by atoms with Gasteiger partial charge in [-0.25, -0.2) is 4.98 Å². The number of anilines is 2. The smallest absolute Gasteiger partial charge is 0.378 e. The van der Waals surface area contributed by atoms with E-state index < -0.39 is 11.7 Å². The van der Waals surface area contributed by atoms with Crippen molar-refractivity contribution in [2.75, 3.05) is 56.2 Å². The number of hydrogen-bond donors (Lipinski definition) is 0. The van der Waals surface area contributed by atoms with Crippen LogP contribution in [0.1, 0.15) is 17.5 Å². The number of rotatable bonds is 5. The molecule has 4 rings (SSSR count). The Labute approximate surface area is 174 Å². The molecular formula is C21H26F3N5O. The monoisotopic (exact) mass is 421 g/mol. The minimum absolute atomic E-state index is 0.253. The van der Waals surface area contributed by atoms with E-state index in [1.54, 1.807) is 12.3 Å². The Morgan fingerprint density at radius 1 is 1.17 bits per heavy atom. The van der Waals surface area contributed by atoms with Crippen molar-refractivity contribution in [3.8, 4) is 0 Å². The molecule has 0 saturated carbocycles. The molecule has 9 heteroatoms. The maximum atomic E-state index is 13.0. The Bertz CT molecular complexity index is 857. The van der Waals surface area contributed by atoms with Crippen LogP contribution in [0.15, 0.2) is 36.5 Å². The van der Waals surface area contributed by atoms with Crippen molar-refractivity contribution in [1.82, 2.24) is 14.9 Å². The number of nitrogens with zero attached hydrogens (tertiary/aromatic N) is 5. The molecule has 0 aliphatic carbocycles. The van der Waals surface area contributed by atoms with Gasteiger partial charge in [-0.2, -0.15) is 18.2 Å². The van der Waals surface area contributed by atoms with Crippen LogP contribution in [0.25, 0.3) is 0 Å². The number of likely N-dealkylation sites (tertiary alicyclic amines) is 1. The number of benzene rings is 1. The van der Waals surface area contributed by atoms with Gasteiger partial charge in [-0.1, -0.05) is 18.2 Å².